The fourth-order valence-corrected chi connectivity index (χ4v) is 2.13. The second-order valence-corrected chi connectivity index (χ2v) is 5.47. The molecule has 5 nitrogen and oxygen atoms in total. The Balaban J connectivity index is 1.79. The summed E-state index contributed by atoms with van der Waals surface area (Å²) >= 11 is 8.01. The average molecular weight is 403 g/mol. The molecule has 2 N–H and O–H groups in total. The van der Waals surface area contributed by atoms with E-state index in [1.165, 1.54) is 0 Å². The van der Waals surface area contributed by atoms with Crippen molar-refractivity contribution in [2.24, 2.45) is 0 Å². The average Bonchev–Trinajstić information content (AvgIpc) is 2.47. The van der Waals surface area contributed by atoms with Crippen molar-refractivity contribution in [1.29, 1.82) is 0 Å². The molecule has 1 aromatic heterocycles. The number of benzene rings is 1. The number of rotatable bonds is 5. The zero-order valence-corrected chi connectivity index (χ0v) is 13.4. The number of amides is 1. The zero-order valence-electron chi connectivity index (χ0n) is 10.4. The van der Waals surface area contributed by atoms with Crippen LogP contribution in [0.3, 0.4) is 0 Å². The number of carbonyl (C=O) groups excluding carboxylic acids is 1. The lowest BCUT2D eigenvalue weighted by Gasteiger charge is -2.07. The van der Waals surface area contributed by atoms with Crippen LogP contribution in [0.25, 0.3) is 0 Å². The monoisotopic (exact) mass is 402 g/mol. The van der Waals surface area contributed by atoms with Gasteiger partial charge in [0, 0.05) is 34.6 Å². The number of hydrogen-bond acceptors (Lipinski definition) is 4. The van der Waals surface area contributed by atoms with Crippen molar-refractivity contribution in [2.45, 2.75) is 0 Å². The van der Waals surface area contributed by atoms with Crippen molar-refractivity contribution in [3.8, 4) is 0 Å². The Morgan fingerprint density at radius 2 is 2.15 bits per heavy atom. The summed E-state index contributed by atoms with van der Waals surface area (Å²) in [5.41, 5.74) is 0.596. The molecular formula is C13H12ClIN4O. The van der Waals surface area contributed by atoms with Gasteiger partial charge in [-0.15, -0.1) is 0 Å². The standard InChI is InChI=1S/C13H12ClIN4O/c14-10-2-1-9(7-11(10)15)13(20)19-6-5-18-12-8-16-3-4-17-12/h1-4,7-8H,5-6H2,(H,17,18)(H,19,20). The summed E-state index contributed by atoms with van der Waals surface area (Å²) in [5, 5.41) is 6.53. The fraction of sp³-hybridized carbons (Fsp3) is 0.154. The minimum atomic E-state index is -0.125. The molecule has 7 heteroatoms. The molecule has 0 fully saturated rings. The first-order valence-corrected chi connectivity index (χ1v) is 7.35. The van der Waals surface area contributed by atoms with E-state index in [-0.39, 0.29) is 5.91 Å². The van der Waals surface area contributed by atoms with Gasteiger partial charge < -0.3 is 10.6 Å². The van der Waals surface area contributed by atoms with E-state index >= 15 is 0 Å². The van der Waals surface area contributed by atoms with Crippen LogP contribution in [-0.4, -0.2) is 29.0 Å². The predicted octanol–water partition coefficient (Wildman–Crippen LogP) is 2.58. The Kier molecular flexibility index (Phi) is 5.54. The predicted molar refractivity (Wildman–Crippen MR) is 87.0 cm³/mol. The highest BCUT2D eigenvalue weighted by molar-refractivity contribution is 14.1. The Morgan fingerprint density at radius 3 is 2.85 bits per heavy atom. The summed E-state index contributed by atoms with van der Waals surface area (Å²) in [7, 11) is 0. The molecular weight excluding hydrogens is 391 g/mol. The van der Waals surface area contributed by atoms with Crippen LogP contribution in [0.2, 0.25) is 5.02 Å². The lowest BCUT2D eigenvalue weighted by atomic mass is 10.2. The molecule has 2 aromatic rings. The van der Waals surface area contributed by atoms with E-state index in [0.29, 0.717) is 29.5 Å². The van der Waals surface area contributed by atoms with Crippen LogP contribution in [0.4, 0.5) is 5.82 Å². The molecule has 0 saturated carbocycles. The Morgan fingerprint density at radius 1 is 1.30 bits per heavy atom. The van der Waals surface area contributed by atoms with E-state index in [0.717, 1.165) is 3.57 Å². The molecule has 0 spiro atoms. The highest BCUT2D eigenvalue weighted by Gasteiger charge is 2.06. The Labute approximate surface area is 135 Å². The van der Waals surface area contributed by atoms with Crippen LogP contribution >= 0.6 is 34.2 Å². The Hall–Kier alpha value is -1.41. The zero-order chi connectivity index (χ0) is 14.4. The topological polar surface area (TPSA) is 66.9 Å². The smallest absolute Gasteiger partial charge is 0.251 e. The molecule has 2 rings (SSSR count). The van der Waals surface area contributed by atoms with Crippen molar-refractivity contribution in [1.82, 2.24) is 15.3 Å². The highest BCUT2D eigenvalue weighted by Crippen LogP contribution is 2.19. The maximum atomic E-state index is 11.9. The normalized spacial score (nSPS) is 10.1. The highest BCUT2D eigenvalue weighted by atomic mass is 127. The molecule has 104 valence electrons. The Bertz CT molecular complexity index is 594. The van der Waals surface area contributed by atoms with Gasteiger partial charge in [-0.05, 0) is 40.8 Å². The van der Waals surface area contributed by atoms with E-state index < -0.39 is 0 Å². The minimum Gasteiger partial charge on any atom is -0.367 e. The van der Waals surface area contributed by atoms with Gasteiger partial charge >= 0.3 is 0 Å². The van der Waals surface area contributed by atoms with Crippen molar-refractivity contribution in [3.63, 3.8) is 0 Å². The molecule has 0 atom stereocenters. The van der Waals surface area contributed by atoms with E-state index in [4.69, 9.17) is 11.6 Å². The van der Waals surface area contributed by atoms with Crippen LogP contribution in [0.15, 0.2) is 36.8 Å². The third-order valence-electron chi connectivity index (χ3n) is 2.46. The van der Waals surface area contributed by atoms with Crippen LogP contribution in [0.1, 0.15) is 10.4 Å². The molecule has 0 unspecified atom stereocenters. The number of aromatic nitrogens is 2. The minimum absolute atomic E-state index is 0.125. The van der Waals surface area contributed by atoms with Gasteiger partial charge in [0.2, 0.25) is 0 Å². The second-order valence-electron chi connectivity index (χ2n) is 3.90. The van der Waals surface area contributed by atoms with Gasteiger partial charge in [0.05, 0.1) is 11.2 Å². The maximum absolute atomic E-state index is 11.9. The quantitative estimate of drug-likeness (QED) is 0.596. The van der Waals surface area contributed by atoms with E-state index in [1.54, 1.807) is 36.8 Å². The number of carbonyl (C=O) groups is 1. The number of hydrogen-bond donors (Lipinski definition) is 2. The van der Waals surface area contributed by atoms with Crippen molar-refractivity contribution in [2.75, 3.05) is 18.4 Å². The second kappa shape index (κ2) is 7.39. The van der Waals surface area contributed by atoms with Crippen LogP contribution in [-0.2, 0) is 0 Å². The SMILES string of the molecule is O=C(NCCNc1cnccn1)c1ccc(Cl)c(I)c1. The van der Waals surface area contributed by atoms with Gasteiger partial charge in [-0.25, -0.2) is 4.98 Å². The first-order valence-electron chi connectivity index (χ1n) is 5.90. The lowest BCUT2D eigenvalue weighted by molar-refractivity contribution is 0.0955. The van der Waals surface area contributed by atoms with Crippen molar-refractivity contribution >= 4 is 45.9 Å². The first-order chi connectivity index (χ1) is 9.66. The summed E-state index contributed by atoms with van der Waals surface area (Å²) in [6.07, 6.45) is 4.84. The summed E-state index contributed by atoms with van der Waals surface area (Å²) in [6, 6.07) is 5.18. The number of anilines is 1. The molecule has 0 aliphatic heterocycles. The molecule has 0 bridgehead atoms. The first kappa shape index (κ1) is 15.0. The molecule has 0 radical (unpaired) electrons. The van der Waals surface area contributed by atoms with Gasteiger partial charge in [-0.2, -0.15) is 0 Å². The number of halogens is 2. The van der Waals surface area contributed by atoms with E-state index in [2.05, 4.69) is 43.2 Å². The molecule has 1 amide bonds. The van der Waals surface area contributed by atoms with Crippen LogP contribution in [0.5, 0.6) is 0 Å². The third kappa shape index (κ3) is 4.31. The van der Waals surface area contributed by atoms with Gasteiger partial charge in [0.1, 0.15) is 5.82 Å². The van der Waals surface area contributed by atoms with Crippen LogP contribution < -0.4 is 10.6 Å². The molecule has 1 aromatic carbocycles. The van der Waals surface area contributed by atoms with Gasteiger partial charge in [0.25, 0.3) is 5.91 Å². The van der Waals surface area contributed by atoms with E-state index in [1.807, 2.05) is 0 Å². The largest absolute Gasteiger partial charge is 0.367 e. The summed E-state index contributed by atoms with van der Waals surface area (Å²) in [6.45, 7) is 1.07. The summed E-state index contributed by atoms with van der Waals surface area (Å²) in [5.74, 6) is 0.559. The van der Waals surface area contributed by atoms with E-state index in [9.17, 15) is 4.79 Å². The van der Waals surface area contributed by atoms with Crippen LogP contribution in [0, 0.1) is 3.57 Å². The van der Waals surface area contributed by atoms with Gasteiger partial charge in [0.15, 0.2) is 0 Å². The van der Waals surface area contributed by atoms with Crippen molar-refractivity contribution < 1.29 is 4.79 Å². The summed E-state index contributed by atoms with van der Waals surface area (Å²) in [4.78, 5) is 19.9. The summed E-state index contributed by atoms with van der Waals surface area (Å²) < 4.78 is 0.856. The number of nitrogens with one attached hydrogen (secondary N) is 2. The molecule has 0 aliphatic carbocycles. The fourth-order valence-electron chi connectivity index (χ4n) is 1.50. The molecule has 0 saturated heterocycles. The third-order valence-corrected chi connectivity index (χ3v) is 4.00. The van der Waals surface area contributed by atoms with Gasteiger partial charge in [-0.3, -0.25) is 9.78 Å². The molecule has 0 aliphatic rings. The maximum Gasteiger partial charge on any atom is 0.251 e. The lowest BCUT2D eigenvalue weighted by Crippen LogP contribution is -2.28. The number of nitrogens with zero attached hydrogens (tertiary/aromatic N) is 2. The molecule has 20 heavy (non-hydrogen) atoms. The van der Waals surface area contributed by atoms with Gasteiger partial charge in [-0.1, -0.05) is 11.6 Å². The van der Waals surface area contributed by atoms with Crippen molar-refractivity contribution in [3.05, 3.63) is 50.9 Å². The molecule has 1 heterocycles.